The Bertz CT molecular complexity index is 511. The number of ether oxygens (including phenoxy) is 1. The van der Waals surface area contributed by atoms with Gasteiger partial charge in [-0.05, 0) is 27.6 Å². The monoisotopic (exact) mass is 264 g/mol. The van der Waals surface area contributed by atoms with E-state index in [1.54, 1.807) is 12.4 Å². The summed E-state index contributed by atoms with van der Waals surface area (Å²) in [6, 6.07) is 4.14. The number of hydrogen-bond acceptors (Lipinski definition) is 3. The molecule has 15 heavy (non-hydrogen) atoms. The highest BCUT2D eigenvalue weighted by Crippen LogP contribution is 2.31. The minimum atomic E-state index is 0.484. The molecule has 0 radical (unpaired) electrons. The van der Waals surface area contributed by atoms with Crippen molar-refractivity contribution < 1.29 is 4.74 Å². The number of rotatable bonds is 1. The fourth-order valence-electron chi connectivity index (χ4n) is 1.79. The van der Waals surface area contributed by atoms with Crippen LogP contribution in [0.4, 0.5) is 0 Å². The van der Waals surface area contributed by atoms with Crippen LogP contribution in [0.15, 0.2) is 29.0 Å². The molecule has 0 spiro atoms. The first-order valence-corrected chi connectivity index (χ1v) is 5.62. The van der Waals surface area contributed by atoms with Gasteiger partial charge in [0.2, 0.25) is 0 Å². The summed E-state index contributed by atoms with van der Waals surface area (Å²) in [5, 5.41) is 0. The van der Waals surface area contributed by atoms with Crippen LogP contribution in [0.25, 0.3) is 11.0 Å². The molecule has 3 rings (SSSR count). The van der Waals surface area contributed by atoms with Crippen molar-refractivity contribution in [2.75, 3.05) is 13.2 Å². The molecule has 3 nitrogen and oxygen atoms in total. The van der Waals surface area contributed by atoms with Gasteiger partial charge in [0, 0.05) is 22.8 Å². The summed E-state index contributed by atoms with van der Waals surface area (Å²) >= 11 is 3.49. The Balaban J connectivity index is 2.25. The summed E-state index contributed by atoms with van der Waals surface area (Å²) < 4.78 is 6.20. The maximum atomic E-state index is 5.21. The van der Waals surface area contributed by atoms with Gasteiger partial charge in [-0.1, -0.05) is 6.07 Å². The van der Waals surface area contributed by atoms with E-state index in [0.29, 0.717) is 5.92 Å². The second-order valence-electron chi connectivity index (χ2n) is 3.62. The molecule has 0 bridgehead atoms. The van der Waals surface area contributed by atoms with Crippen molar-refractivity contribution in [3.05, 3.63) is 34.6 Å². The zero-order chi connectivity index (χ0) is 10.3. The first-order chi connectivity index (χ1) is 7.36. The molecule has 0 amide bonds. The van der Waals surface area contributed by atoms with Gasteiger partial charge < -0.3 is 4.74 Å². The molecule has 0 N–H and O–H groups in total. The van der Waals surface area contributed by atoms with Gasteiger partial charge in [0.05, 0.1) is 18.7 Å². The van der Waals surface area contributed by atoms with E-state index in [2.05, 4.69) is 32.0 Å². The molecule has 1 aromatic heterocycles. The Kier molecular flexibility index (Phi) is 2.18. The Morgan fingerprint density at radius 1 is 1.13 bits per heavy atom. The van der Waals surface area contributed by atoms with Crippen molar-refractivity contribution in [3.63, 3.8) is 0 Å². The van der Waals surface area contributed by atoms with Crippen LogP contribution >= 0.6 is 15.9 Å². The van der Waals surface area contributed by atoms with Gasteiger partial charge >= 0.3 is 0 Å². The van der Waals surface area contributed by atoms with Gasteiger partial charge in [-0.3, -0.25) is 9.97 Å². The Morgan fingerprint density at radius 2 is 1.87 bits per heavy atom. The lowest BCUT2D eigenvalue weighted by atomic mass is 9.96. The third-order valence-electron chi connectivity index (χ3n) is 2.69. The Labute approximate surface area is 95.6 Å². The van der Waals surface area contributed by atoms with Gasteiger partial charge in [-0.2, -0.15) is 0 Å². The lowest BCUT2D eigenvalue weighted by Gasteiger charge is -2.26. The van der Waals surface area contributed by atoms with Crippen LogP contribution in [0.1, 0.15) is 11.5 Å². The van der Waals surface area contributed by atoms with Gasteiger partial charge in [0.1, 0.15) is 5.52 Å². The fourth-order valence-corrected chi connectivity index (χ4v) is 2.21. The van der Waals surface area contributed by atoms with Crippen LogP contribution in [-0.2, 0) is 4.74 Å². The van der Waals surface area contributed by atoms with E-state index in [-0.39, 0.29) is 0 Å². The van der Waals surface area contributed by atoms with E-state index in [4.69, 9.17) is 4.74 Å². The zero-order valence-electron chi connectivity index (χ0n) is 7.98. The molecule has 1 aliphatic heterocycles. The standard InChI is InChI=1S/C11H9BrN2O/c12-9-2-1-8(7-5-15-6-7)10-11(9)14-4-3-13-10/h1-4,7H,5-6H2. The minimum absolute atomic E-state index is 0.484. The van der Waals surface area contributed by atoms with Crippen molar-refractivity contribution in [2.24, 2.45) is 0 Å². The molecule has 1 saturated heterocycles. The molecule has 0 aliphatic carbocycles. The molecule has 1 aliphatic rings. The lowest BCUT2D eigenvalue weighted by molar-refractivity contribution is 0.00892. The summed E-state index contributed by atoms with van der Waals surface area (Å²) in [7, 11) is 0. The second-order valence-corrected chi connectivity index (χ2v) is 4.48. The summed E-state index contributed by atoms with van der Waals surface area (Å²) in [4.78, 5) is 8.73. The quantitative estimate of drug-likeness (QED) is 0.794. The van der Waals surface area contributed by atoms with E-state index >= 15 is 0 Å². The topological polar surface area (TPSA) is 35.0 Å². The average Bonchev–Trinajstić information content (AvgIpc) is 2.20. The highest BCUT2D eigenvalue weighted by Gasteiger charge is 2.23. The van der Waals surface area contributed by atoms with Crippen molar-refractivity contribution in [3.8, 4) is 0 Å². The Hall–Kier alpha value is -1.00. The number of aromatic nitrogens is 2. The predicted molar refractivity (Wildman–Crippen MR) is 60.8 cm³/mol. The fraction of sp³-hybridized carbons (Fsp3) is 0.273. The van der Waals surface area contributed by atoms with Gasteiger partial charge in [-0.25, -0.2) is 0 Å². The summed E-state index contributed by atoms with van der Waals surface area (Å²) in [5.74, 6) is 0.484. The lowest BCUT2D eigenvalue weighted by Crippen LogP contribution is -2.25. The van der Waals surface area contributed by atoms with Crippen LogP contribution in [0, 0.1) is 0 Å². The zero-order valence-corrected chi connectivity index (χ0v) is 9.57. The number of benzene rings is 1. The molecule has 2 heterocycles. The number of fused-ring (bicyclic) bond motifs is 1. The van der Waals surface area contributed by atoms with Gasteiger partial charge in [0.25, 0.3) is 0 Å². The molecule has 2 aromatic rings. The molecule has 0 unspecified atom stereocenters. The minimum Gasteiger partial charge on any atom is -0.380 e. The SMILES string of the molecule is Brc1ccc(C2COC2)c2nccnc12. The highest BCUT2D eigenvalue weighted by molar-refractivity contribution is 9.10. The predicted octanol–water partition coefficient (Wildman–Crippen LogP) is 2.51. The normalized spacial score (nSPS) is 16.6. The smallest absolute Gasteiger partial charge is 0.103 e. The molecule has 1 fully saturated rings. The van der Waals surface area contributed by atoms with Crippen LogP contribution in [0.2, 0.25) is 0 Å². The molecular formula is C11H9BrN2O. The average molecular weight is 265 g/mol. The summed E-state index contributed by atoms with van der Waals surface area (Å²) in [5.41, 5.74) is 3.16. The molecule has 0 saturated carbocycles. The van der Waals surface area contributed by atoms with Crippen LogP contribution in [0.3, 0.4) is 0 Å². The number of nitrogens with zero attached hydrogens (tertiary/aromatic N) is 2. The van der Waals surface area contributed by atoms with E-state index in [1.807, 2.05) is 6.07 Å². The second kappa shape index (κ2) is 3.54. The van der Waals surface area contributed by atoms with Crippen molar-refractivity contribution in [1.82, 2.24) is 9.97 Å². The van der Waals surface area contributed by atoms with Crippen LogP contribution in [0.5, 0.6) is 0 Å². The molecule has 76 valence electrons. The molecule has 4 heteroatoms. The third kappa shape index (κ3) is 1.44. The largest absolute Gasteiger partial charge is 0.380 e. The first kappa shape index (κ1) is 9.24. The van der Waals surface area contributed by atoms with E-state index < -0.39 is 0 Å². The van der Waals surface area contributed by atoms with Gasteiger partial charge in [-0.15, -0.1) is 0 Å². The van der Waals surface area contributed by atoms with E-state index in [0.717, 1.165) is 28.7 Å². The third-order valence-corrected chi connectivity index (χ3v) is 3.32. The van der Waals surface area contributed by atoms with Crippen molar-refractivity contribution in [1.29, 1.82) is 0 Å². The van der Waals surface area contributed by atoms with Crippen LogP contribution in [-0.4, -0.2) is 23.2 Å². The molecule has 0 atom stereocenters. The first-order valence-electron chi connectivity index (χ1n) is 4.83. The highest BCUT2D eigenvalue weighted by atomic mass is 79.9. The maximum Gasteiger partial charge on any atom is 0.103 e. The molecule has 1 aromatic carbocycles. The number of halogens is 1. The Morgan fingerprint density at radius 3 is 2.53 bits per heavy atom. The van der Waals surface area contributed by atoms with E-state index in [1.165, 1.54) is 5.56 Å². The van der Waals surface area contributed by atoms with Crippen molar-refractivity contribution in [2.45, 2.75) is 5.92 Å². The van der Waals surface area contributed by atoms with Crippen molar-refractivity contribution >= 4 is 27.0 Å². The van der Waals surface area contributed by atoms with Gasteiger partial charge in [0.15, 0.2) is 0 Å². The number of hydrogen-bond donors (Lipinski definition) is 0. The maximum absolute atomic E-state index is 5.21. The molecular weight excluding hydrogens is 256 g/mol. The summed E-state index contributed by atoms with van der Waals surface area (Å²) in [6.07, 6.45) is 3.45. The van der Waals surface area contributed by atoms with E-state index in [9.17, 15) is 0 Å². The van der Waals surface area contributed by atoms with Crippen LogP contribution < -0.4 is 0 Å². The summed E-state index contributed by atoms with van der Waals surface area (Å²) in [6.45, 7) is 1.60.